The van der Waals surface area contributed by atoms with Crippen LogP contribution in [0, 0.1) is 5.41 Å². The predicted octanol–water partition coefficient (Wildman–Crippen LogP) is 2.70. The normalized spacial score (nSPS) is 24.1. The first-order valence-electron chi connectivity index (χ1n) is 10.7. The number of piperazine rings is 1. The Morgan fingerprint density at radius 3 is 2.79 bits per heavy atom. The van der Waals surface area contributed by atoms with Gasteiger partial charge in [-0.3, -0.25) is 15.0 Å². The smallest absolute Gasteiger partial charge is 0.394 e. The molecule has 3 unspecified atom stereocenters. The fraction of sp³-hybridized carbons (Fsp3) is 0.409. The maximum Gasteiger partial charge on any atom is 0.394 e. The minimum atomic E-state index is -4.37. The van der Waals surface area contributed by atoms with Gasteiger partial charge in [0.1, 0.15) is 11.5 Å². The van der Waals surface area contributed by atoms with Gasteiger partial charge in [-0.2, -0.15) is 13.2 Å². The second kappa shape index (κ2) is 10.6. The number of aromatic nitrogens is 2. The van der Waals surface area contributed by atoms with Crippen LogP contribution in [0.2, 0.25) is 0 Å². The summed E-state index contributed by atoms with van der Waals surface area (Å²) in [5.41, 5.74) is 7.14. The number of rotatable bonds is 7. The molecular formula is C22H28F3N9. The summed E-state index contributed by atoms with van der Waals surface area (Å²) in [5, 5.41) is 11.1. The lowest BCUT2D eigenvalue weighted by molar-refractivity contribution is -0.127. The number of alkyl halides is 3. The number of halogens is 3. The van der Waals surface area contributed by atoms with E-state index in [0.29, 0.717) is 29.3 Å². The number of nitrogens with one attached hydrogen (secondary N) is 2. The first kappa shape index (κ1) is 25.1. The standard InChI is InChI=1S/C22H28F3N9/c1-14-12-34(15(2)21(31-14)16(7-26)8-27)20-11-29-9-18(32-20)19(10-28-3)33-5-4-30-17(13-33)6-22(23,24)25/h4,7-11,13-15,21,26,31H,3,5-6,12,27H2,1-2H3/b16-8+,19-10-,26-7?. The monoisotopic (exact) mass is 475 g/mol. The van der Waals surface area contributed by atoms with Crippen molar-refractivity contribution in [3.05, 3.63) is 48.0 Å². The van der Waals surface area contributed by atoms with Crippen molar-refractivity contribution in [1.82, 2.24) is 20.2 Å². The Kier molecular flexibility index (Phi) is 7.82. The van der Waals surface area contributed by atoms with Crippen LogP contribution in [0.1, 0.15) is 26.0 Å². The fourth-order valence-electron chi connectivity index (χ4n) is 4.03. The van der Waals surface area contributed by atoms with Crippen LogP contribution in [-0.2, 0) is 0 Å². The van der Waals surface area contributed by atoms with E-state index in [0.717, 1.165) is 0 Å². The van der Waals surface area contributed by atoms with Crippen molar-refractivity contribution in [3.8, 4) is 0 Å². The fourth-order valence-corrected chi connectivity index (χ4v) is 4.03. The van der Waals surface area contributed by atoms with Crippen LogP contribution >= 0.6 is 0 Å². The number of allylic oxidation sites excluding steroid dienone is 1. The molecule has 3 atom stereocenters. The Morgan fingerprint density at radius 2 is 2.15 bits per heavy atom. The van der Waals surface area contributed by atoms with Gasteiger partial charge in [-0.05, 0) is 20.6 Å². The summed E-state index contributed by atoms with van der Waals surface area (Å²) < 4.78 is 38.6. The molecule has 1 fully saturated rings. The highest BCUT2D eigenvalue weighted by Gasteiger charge is 2.34. The highest BCUT2D eigenvalue weighted by molar-refractivity contribution is 5.78. The number of aliphatic imine (C=N–C) groups is 2. The van der Waals surface area contributed by atoms with Crippen molar-refractivity contribution in [2.75, 3.05) is 18.0 Å². The summed E-state index contributed by atoms with van der Waals surface area (Å²) in [5.74, 6) is 0.588. The highest BCUT2D eigenvalue weighted by Crippen LogP contribution is 2.29. The zero-order valence-electron chi connectivity index (χ0n) is 19.0. The lowest BCUT2D eigenvalue weighted by Gasteiger charge is -2.44. The van der Waals surface area contributed by atoms with Crippen LogP contribution in [0.15, 0.2) is 52.2 Å². The van der Waals surface area contributed by atoms with E-state index in [4.69, 9.17) is 16.1 Å². The predicted molar refractivity (Wildman–Crippen MR) is 128 cm³/mol. The Morgan fingerprint density at radius 1 is 1.38 bits per heavy atom. The van der Waals surface area contributed by atoms with Crippen LogP contribution in [0.4, 0.5) is 19.0 Å². The van der Waals surface area contributed by atoms with E-state index in [-0.39, 0.29) is 30.4 Å². The van der Waals surface area contributed by atoms with Crippen molar-refractivity contribution in [1.29, 1.82) is 5.41 Å². The summed E-state index contributed by atoms with van der Waals surface area (Å²) in [6.07, 6.45) is 4.49. The Balaban J connectivity index is 1.93. The molecule has 12 heteroatoms. The zero-order chi connectivity index (χ0) is 24.9. The Bertz CT molecular complexity index is 1030. The van der Waals surface area contributed by atoms with E-state index in [2.05, 4.69) is 31.9 Å². The van der Waals surface area contributed by atoms with Gasteiger partial charge in [0.25, 0.3) is 0 Å². The molecule has 34 heavy (non-hydrogen) atoms. The molecule has 0 aromatic carbocycles. The molecule has 1 saturated heterocycles. The molecule has 0 aliphatic carbocycles. The molecule has 0 saturated carbocycles. The van der Waals surface area contributed by atoms with Crippen molar-refractivity contribution >= 4 is 30.7 Å². The van der Waals surface area contributed by atoms with E-state index >= 15 is 0 Å². The van der Waals surface area contributed by atoms with Gasteiger partial charge in [0.15, 0.2) is 0 Å². The number of hydrogen-bond acceptors (Lipinski definition) is 9. The number of anilines is 1. The quantitative estimate of drug-likeness (QED) is 0.522. The molecule has 1 aromatic rings. The first-order valence-corrected chi connectivity index (χ1v) is 10.7. The second-order valence-corrected chi connectivity index (χ2v) is 8.09. The van der Waals surface area contributed by atoms with Crippen LogP contribution in [0.3, 0.4) is 0 Å². The lowest BCUT2D eigenvalue weighted by atomic mass is 9.96. The second-order valence-electron chi connectivity index (χ2n) is 8.09. The van der Waals surface area contributed by atoms with Crippen LogP contribution in [0.5, 0.6) is 0 Å². The van der Waals surface area contributed by atoms with Crippen molar-refractivity contribution in [2.24, 2.45) is 15.7 Å². The van der Waals surface area contributed by atoms with Gasteiger partial charge < -0.3 is 26.3 Å². The Hall–Kier alpha value is -3.54. The molecule has 9 nitrogen and oxygen atoms in total. The molecule has 3 heterocycles. The minimum Gasteiger partial charge on any atom is -0.404 e. The topological polar surface area (TPSA) is 119 Å². The van der Waals surface area contributed by atoms with Gasteiger partial charge in [-0.1, -0.05) is 0 Å². The summed E-state index contributed by atoms with van der Waals surface area (Å²) in [4.78, 5) is 20.4. The maximum atomic E-state index is 12.9. The van der Waals surface area contributed by atoms with Crippen LogP contribution in [-0.4, -0.2) is 71.4 Å². The molecule has 3 rings (SSSR count). The van der Waals surface area contributed by atoms with E-state index < -0.39 is 12.6 Å². The molecular weight excluding hydrogens is 447 g/mol. The van der Waals surface area contributed by atoms with E-state index in [1.54, 1.807) is 11.1 Å². The third-order valence-electron chi connectivity index (χ3n) is 5.55. The highest BCUT2D eigenvalue weighted by atomic mass is 19.4. The molecule has 4 N–H and O–H groups in total. The summed E-state index contributed by atoms with van der Waals surface area (Å²) in [6, 6.07) is -0.201. The average Bonchev–Trinajstić information content (AvgIpc) is 2.79. The van der Waals surface area contributed by atoms with Gasteiger partial charge >= 0.3 is 6.18 Å². The number of nitrogens with zero attached hydrogens (tertiary/aromatic N) is 6. The summed E-state index contributed by atoms with van der Waals surface area (Å²) in [6.45, 7) is 8.40. The first-order chi connectivity index (χ1) is 16.2. The third kappa shape index (κ3) is 5.87. The molecule has 0 bridgehead atoms. The number of hydrogen-bond donors (Lipinski definition) is 3. The largest absolute Gasteiger partial charge is 0.404 e. The van der Waals surface area contributed by atoms with E-state index in [9.17, 15) is 13.2 Å². The maximum absolute atomic E-state index is 12.9. The molecule has 0 spiro atoms. The molecule has 1 aromatic heterocycles. The SMILES string of the molecule is C=N/C=C(/c1cncc(N2CC(C)NC(/C(C=N)=C/N)C2C)n1)N1C=C(CC(F)(F)F)N=CC1. The zero-order valence-corrected chi connectivity index (χ0v) is 19.0. The lowest BCUT2D eigenvalue weighted by Crippen LogP contribution is -2.61. The van der Waals surface area contributed by atoms with E-state index in [1.165, 1.54) is 37.2 Å². The molecule has 2 aliphatic rings. The third-order valence-corrected chi connectivity index (χ3v) is 5.55. The van der Waals surface area contributed by atoms with Crippen molar-refractivity contribution < 1.29 is 13.2 Å². The van der Waals surface area contributed by atoms with Gasteiger partial charge in [0.05, 0.1) is 49.0 Å². The average molecular weight is 476 g/mol. The van der Waals surface area contributed by atoms with Crippen LogP contribution in [0.25, 0.3) is 5.70 Å². The van der Waals surface area contributed by atoms with E-state index in [1.807, 2.05) is 13.8 Å². The Labute approximate surface area is 196 Å². The molecule has 182 valence electrons. The van der Waals surface area contributed by atoms with Gasteiger partial charge in [0.2, 0.25) is 0 Å². The van der Waals surface area contributed by atoms with Crippen LogP contribution < -0.4 is 16.0 Å². The molecule has 0 amide bonds. The molecule has 2 aliphatic heterocycles. The van der Waals surface area contributed by atoms with Crippen molar-refractivity contribution in [3.63, 3.8) is 0 Å². The molecule has 0 radical (unpaired) electrons. The van der Waals surface area contributed by atoms with Crippen molar-refractivity contribution in [2.45, 2.75) is 44.6 Å². The van der Waals surface area contributed by atoms with Gasteiger partial charge in [0, 0.05) is 49.0 Å². The number of nitrogens with two attached hydrogens (primary N) is 1. The minimum absolute atomic E-state index is 0.0811. The summed E-state index contributed by atoms with van der Waals surface area (Å²) in [7, 11) is 0. The summed E-state index contributed by atoms with van der Waals surface area (Å²) >= 11 is 0. The van der Waals surface area contributed by atoms with Gasteiger partial charge in [-0.15, -0.1) is 0 Å². The van der Waals surface area contributed by atoms with Gasteiger partial charge in [-0.25, -0.2) is 4.98 Å².